The lowest BCUT2D eigenvalue weighted by Gasteiger charge is -2.14. The maximum absolute atomic E-state index is 11.9. The molecule has 0 saturated heterocycles. The molecule has 112 valence electrons. The molecule has 0 fully saturated rings. The van der Waals surface area contributed by atoms with E-state index in [2.05, 4.69) is 10.4 Å². The lowest BCUT2D eigenvalue weighted by Crippen LogP contribution is -2.22. The Balaban J connectivity index is 2.02. The molecule has 6 heteroatoms. The number of rotatable bonds is 5. The van der Waals surface area contributed by atoms with Gasteiger partial charge in [0.25, 0.3) is 5.91 Å². The van der Waals surface area contributed by atoms with Gasteiger partial charge in [-0.15, -0.1) is 0 Å². The quantitative estimate of drug-likeness (QED) is 0.819. The summed E-state index contributed by atoms with van der Waals surface area (Å²) >= 11 is 0. The molecule has 1 amide bonds. The molecule has 0 aliphatic heterocycles. The van der Waals surface area contributed by atoms with Crippen LogP contribution in [-0.4, -0.2) is 41.2 Å². The van der Waals surface area contributed by atoms with Crippen LogP contribution in [0.15, 0.2) is 30.6 Å². The minimum Gasteiger partial charge on any atom is -0.397 e. The predicted molar refractivity (Wildman–Crippen MR) is 84.3 cm³/mol. The van der Waals surface area contributed by atoms with Crippen molar-refractivity contribution in [2.24, 2.45) is 0 Å². The van der Waals surface area contributed by atoms with E-state index < -0.39 is 0 Å². The zero-order chi connectivity index (χ0) is 15.4. The summed E-state index contributed by atoms with van der Waals surface area (Å²) in [7, 11) is 3.46. The van der Waals surface area contributed by atoms with Crippen LogP contribution in [0.1, 0.15) is 15.9 Å². The molecule has 1 heterocycles. The van der Waals surface area contributed by atoms with Crippen LogP contribution in [0, 0.1) is 6.92 Å². The van der Waals surface area contributed by atoms with Gasteiger partial charge in [0.05, 0.1) is 24.1 Å². The Labute approximate surface area is 124 Å². The van der Waals surface area contributed by atoms with Crippen molar-refractivity contribution < 1.29 is 4.79 Å². The number of carbonyl (C=O) groups is 1. The minimum atomic E-state index is -0.0410. The van der Waals surface area contributed by atoms with E-state index in [0.29, 0.717) is 17.8 Å². The summed E-state index contributed by atoms with van der Waals surface area (Å²) in [6.07, 6.45) is 3.81. The molecule has 0 saturated carbocycles. The molecular formula is C15H21N5O. The van der Waals surface area contributed by atoms with Crippen molar-refractivity contribution in [1.82, 2.24) is 14.7 Å². The van der Waals surface area contributed by atoms with E-state index in [1.807, 2.05) is 24.0 Å². The molecule has 0 atom stereocenters. The molecule has 21 heavy (non-hydrogen) atoms. The Kier molecular flexibility index (Phi) is 4.47. The van der Waals surface area contributed by atoms with Crippen molar-refractivity contribution >= 4 is 17.3 Å². The van der Waals surface area contributed by atoms with Crippen molar-refractivity contribution in [3.05, 3.63) is 41.7 Å². The summed E-state index contributed by atoms with van der Waals surface area (Å²) < 4.78 is 1.87. The molecule has 0 unspecified atom stereocenters. The fraction of sp³-hybridized carbons (Fsp3) is 0.333. The van der Waals surface area contributed by atoms with E-state index in [-0.39, 0.29) is 5.91 Å². The van der Waals surface area contributed by atoms with Crippen molar-refractivity contribution in [2.45, 2.75) is 13.5 Å². The predicted octanol–water partition coefficient (Wildman–Crippen LogP) is 1.59. The summed E-state index contributed by atoms with van der Waals surface area (Å²) in [6, 6.07) is 5.27. The average molecular weight is 287 g/mol. The number of amides is 1. The lowest BCUT2D eigenvalue weighted by atomic mass is 10.1. The van der Waals surface area contributed by atoms with Gasteiger partial charge in [-0.25, -0.2) is 0 Å². The number of anilines is 2. The van der Waals surface area contributed by atoms with Gasteiger partial charge in [0, 0.05) is 32.4 Å². The third-order valence-electron chi connectivity index (χ3n) is 3.13. The number of carbonyl (C=O) groups excluding carboxylic acids is 1. The molecule has 1 aromatic heterocycles. The largest absolute Gasteiger partial charge is 0.397 e. The Bertz CT molecular complexity index is 633. The Morgan fingerprint density at radius 3 is 2.81 bits per heavy atom. The summed E-state index contributed by atoms with van der Waals surface area (Å²) in [5.74, 6) is -0.0410. The van der Waals surface area contributed by atoms with Crippen molar-refractivity contribution in [3.8, 4) is 0 Å². The number of hydrogen-bond donors (Lipinski definition) is 2. The number of nitrogens with zero attached hydrogens (tertiary/aromatic N) is 3. The SMILES string of the molecule is Cc1cnn(CCNc2cc(C(=O)N(C)C)ccc2N)c1. The van der Waals surface area contributed by atoms with Gasteiger partial charge < -0.3 is 16.0 Å². The number of benzene rings is 1. The molecule has 0 aliphatic carbocycles. The summed E-state index contributed by atoms with van der Waals surface area (Å²) in [5, 5.41) is 7.47. The molecule has 0 aliphatic rings. The van der Waals surface area contributed by atoms with Gasteiger partial charge in [-0.2, -0.15) is 5.10 Å². The van der Waals surface area contributed by atoms with Crippen LogP contribution in [0.2, 0.25) is 0 Å². The second kappa shape index (κ2) is 6.30. The maximum atomic E-state index is 11.9. The summed E-state index contributed by atoms with van der Waals surface area (Å²) in [6.45, 7) is 3.43. The zero-order valence-corrected chi connectivity index (χ0v) is 12.6. The first-order valence-electron chi connectivity index (χ1n) is 6.81. The van der Waals surface area contributed by atoms with Crippen LogP contribution in [0.25, 0.3) is 0 Å². The van der Waals surface area contributed by atoms with Crippen LogP contribution in [0.3, 0.4) is 0 Å². The second-order valence-corrected chi connectivity index (χ2v) is 5.21. The van der Waals surface area contributed by atoms with E-state index in [1.165, 1.54) is 0 Å². The van der Waals surface area contributed by atoms with Gasteiger partial charge in [0.2, 0.25) is 0 Å². The fourth-order valence-corrected chi connectivity index (χ4v) is 1.99. The van der Waals surface area contributed by atoms with Crippen LogP contribution in [0.5, 0.6) is 0 Å². The number of hydrogen-bond acceptors (Lipinski definition) is 4. The summed E-state index contributed by atoms with van der Waals surface area (Å²) in [5.41, 5.74) is 9.09. The van der Waals surface area contributed by atoms with E-state index in [4.69, 9.17) is 5.73 Å². The molecule has 2 rings (SSSR count). The zero-order valence-electron chi connectivity index (χ0n) is 12.6. The normalized spacial score (nSPS) is 10.4. The third-order valence-corrected chi connectivity index (χ3v) is 3.13. The van der Waals surface area contributed by atoms with E-state index in [1.54, 1.807) is 37.2 Å². The van der Waals surface area contributed by atoms with Crippen LogP contribution in [0.4, 0.5) is 11.4 Å². The van der Waals surface area contributed by atoms with Crippen molar-refractivity contribution in [3.63, 3.8) is 0 Å². The van der Waals surface area contributed by atoms with E-state index >= 15 is 0 Å². The monoisotopic (exact) mass is 287 g/mol. The Hall–Kier alpha value is -2.50. The van der Waals surface area contributed by atoms with Gasteiger partial charge in [-0.3, -0.25) is 9.48 Å². The fourth-order valence-electron chi connectivity index (χ4n) is 1.99. The van der Waals surface area contributed by atoms with Gasteiger partial charge in [0.15, 0.2) is 0 Å². The van der Waals surface area contributed by atoms with Crippen LogP contribution < -0.4 is 11.1 Å². The number of nitrogen functional groups attached to an aromatic ring is 1. The Morgan fingerprint density at radius 2 is 2.19 bits per heavy atom. The Morgan fingerprint density at radius 1 is 1.43 bits per heavy atom. The second-order valence-electron chi connectivity index (χ2n) is 5.21. The molecule has 1 aromatic carbocycles. The van der Waals surface area contributed by atoms with Crippen molar-refractivity contribution in [1.29, 1.82) is 0 Å². The van der Waals surface area contributed by atoms with Crippen LogP contribution >= 0.6 is 0 Å². The van der Waals surface area contributed by atoms with E-state index in [9.17, 15) is 4.79 Å². The highest BCUT2D eigenvalue weighted by Gasteiger charge is 2.10. The molecule has 0 bridgehead atoms. The minimum absolute atomic E-state index is 0.0410. The first kappa shape index (κ1) is 14.9. The number of nitrogens with two attached hydrogens (primary N) is 1. The number of aromatic nitrogens is 2. The standard InChI is InChI=1S/C15H21N5O/c1-11-9-18-20(10-11)7-6-17-14-8-12(4-5-13(14)16)15(21)19(2)3/h4-5,8-10,17H,6-7,16H2,1-3H3. The maximum Gasteiger partial charge on any atom is 0.253 e. The van der Waals surface area contributed by atoms with Gasteiger partial charge in [0.1, 0.15) is 0 Å². The smallest absolute Gasteiger partial charge is 0.253 e. The first-order chi connectivity index (χ1) is 9.97. The van der Waals surface area contributed by atoms with Crippen molar-refractivity contribution in [2.75, 3.05) is 31.7 Å². The molecular weight excluding hydrogens is 266 g/mol. The molecule has 2 aromatic rings. The number of aryl methyl sites for hydroxylation is 1. The molecule has 0 spiro atoms. The molecule has 0 radical (unpaired) electrons. The van der Waals surface area contributed by atoms with Crippen LogP contribution in [-0.2, 0) is 6.54 Å². The topological polar surface area (TPSA) is 76.2 Å². The number of nitrogens with one attached hydrogen (secondary N) is 1. The molecule has 3 N–H and O–H groups in total. The lowest BCUT2D eigenvalue weighted by molar-refractivity contribution is 0.0827. The highest BCUT2D eigenvalue weighted by molar-refractivity contribution is 5.95. The third kappa shape index (κ3) is 3.75. The van der Waals surface area contributed by atoms with Gasteiger partial charge in [-0.05, 0) is 30.7 Å². The average Bonchev–Trinajstić information content (AvgIpc) is 2.85. The molecule has 6 nitrogen and oxygen atoms in total. The summed E-state index contributed by atoms with van der Waals surface area (Å²) in [4.78, 5) is 13.5. The highest BCUT2D eigenvalue weighted by atomic mass is 16.2. The van der Waals surface area contributed by atoms with E-state index in [0.717, 1.165) is 17.8 Å². The van der Waals surface area contributed by atoms with Gasteiger partial charge in [-0.1, -0.05) is 0 Å². The van der Waals surface area contributed by atoms with Gasteiger partial charge >= 0.3 is 0 Å². The first-order valence-corrected chi connectivity index (χ1v) is 6.81. The highest BCUT2D eigenvalue weighted by Crippen LogP contribution is 2.20.